The van der Waals surface area contributed by atoms with E-state index in [0.29, 0.717) is 0 Å². The number of rotatable bonds is 4. The summed E-state index contributed by atoms with van der Waals surface area (Å²) in [5.74, 6) is 0.837. The van der Waals surface area contributed by atoms with Gasteiger partial charge in [0.15, 0.2) is 0 Å². The molecule has 2 aliphatic rings. The van der Waals surface area contributed by atoms with E-state index in [1.165, 1.54) is 0 Å². The predicted octanol–water partition coefficient (Wildman–Crippen LogP) is 0.401. The molecule has 0 amide bonds. The van der Waals surface area contributed by atoms with Crippen molar-refractivity contribution in [3.63, 3.8) is 0 Å². The van der Waals surface area contributed by atoms with Gasteiger partial charge in [-0.2, -0.15) is 0 Å². The van der Waals surface area contributed by atoms with Gasteiger partial charge in [0.2, 0.25) is 0 Å². The number of fused-ring (bicyclic) bond motifs is 1. The smallest absolute Gasteiger partial charge is 0.142 e. The lowest BCUT2D eigenvalue weighted by molar-refractivity contribution is -0.0129. The molecule has 4 N–H and O–H groups in total. The molecule has 2 aliphatic heterocycles. The Bertz CT molecular complexity index is 669. The first-order valence-corrected chi connectivity index (χ1v) is 8.40. The highest BCUT2D eigenvalue weighted by molar-refractivity contribution is 5.87. The maximum Gasteiger partial charge on any atom is 0.142 e. The van der Waals surface area contributed by atoms with E-state index >= 15 is 0 Å². The van der Waals surface area contributed by atoms with Crippen molar-refractivity contribution in [3.8, 4) is 0 Å². The second-order valence-electron chi connectivity index (χ2n) is 6.52. The number of nitrogens with zero attached hydrogens (tertiary/aromatic N) is 3. The number of H-pyrrole nitrogens is 1. The van der Waals surface area contributed by atoms with Crippen molar-refractivity contribution in [2.24, 2.45) is 0 Å². The van der Waals surface area contributed by atoms with Crippen LogP contribution in [0.25, 0.3) is 11.0 Å². The maximum atomic E-state index is 10.7. The zero-order valence-electron chi connectivity index (χ0n) is 13.0. The third-order valence-electron chi connectivity index (χ3n) is 5.16. The molecule has 4 unspecified atom stereocenters. The van der Waals surface area contributed by atoms with E-state index in [2.05, 4.69) is 25.2 Å². The zero-order chi connectivity index (χ0) is 15.8. The van der Waals surface area contributed by atoms with Gasteiger partial charge in [0.05, 0.1) is 17.5 Å². The third kappa shape index (κ3) is 2.58. The summed E-state index contributed by atoms with van der Waals surface area (Å²) >= 11 is 0. The zero-order valence-corrected chi connectivity index (χ0v) is 13.0. The van der Waals surface area contributed by atoms with Crippen LogP contribution in [0.4, 0.5) is 5.82 Å². The van der Waals surface area contributed by atoms with Crippen molar-refractivity contribution < 1.29 is 10.2 Å². The number of aromatic amines is 1. The Balaban J connectivity index is 1.60. The van der Waals surface area contributed by atoms with Gasteiger partial charge in [0.1, 0.15) is 23.9 Å². The molecule has 4 heterocycles. The molecule has 124 valence electrons. The van der Waals surface area contributed by atoms with Crippen LogP contribution in [0.1, 0.15) is 25.7 Å². The van der Waals surface area contributed by atoms with Crippen LogP contribution in [0.2, 0.25) is 0 Å². The summed E-state index contributed by atoms with van der Waals surface area (Å²) in [6.07, 6.45) is 5.69. The second-order valence-corrected chi connectivity index (χ2v) is 6.52. The van der Waals surface area contributed by atoms with Crippen molar-refractivity contribution in [1.82, 2.24) is 20.3 Å². The Hall–Kier alpha value is -1.70. The molecular formula is C16H23N5O2. The second kappa shape index (κ2) is 6.07. The van der Waals surface area contributed by atoms with Gasteiger partial charge >= 0.3 is 0 Å². The summed E-state index contributed by atoms with van der Waals surface area (Å²) < 4.78 is 0. The Labute approximate surface area is 134 Å². The topological polar surface area (TPSA) is 97.3 Å². The third-order valence-corrected chi connectivity index (χ3v) is 5.16. The minimum absolute atomic E-state index is 0.00914. The largest absolute Gasteiger partial charge is 0.389 e. The highest BCUT2D eigenvalue weighted by atomic mass is 16.3. The van der Waals surface area contributed by atoms with Crippen LogP contribution in [0.15, 0.2) is 18.6 Å². The molecule has 4 atom stereocenters. The van der Waals surface area contributed by atoms with E-state index < -0.39 is 12.2 Å². The van der Waals surface area contributed by atoms with Crippen LogP contribution >= 0.6 is 0 Å². The lowest BCUT2D eigenvalue weighted by Crippen LogP contribution is -2.52. The Kier molecular flexibility index (Phi) is 3.92. The molecule has 0 aliphatic carbocycles. The number of anilines is 1. The molecule has 0 aromatic carbocycles. The number of aliphatic hydroxyl groups excluding tert-OH is 2. The quantitative estimate of drug-likeness (QED) is 0.652. The fourth-order valence-electron chi connectivity index (χ4n) is 3.97. The van der Waals surface area contributed by atoms with Gasteiger partial charge in [0, 0.05) is 18.8 Å². The summed E-state index contributed by atoms with van der Waals surface area (Å²) in [5, 5.41) is 25.5. The Morgan fingerprint density at radius 2 is 2.09 bits per heavy atom. The number of aromatic nitrogens is 3. The van der Waals surface area contributed by atoms with E-state index in [0.717, 1.165) is 55.6 Å². The van der Waals surface area contributed by atoms with Crippen LogP contribution in [0.3, 0.4) is 0 Å². The highest BCUT2D eigenvalue weighted by Crippen LogP contribution is 2.32. The van der Waals surface area contributed by atoms with Gasteiger partial charge in [0.25, 0.3) is 0 Å². The van der Waals surface area contributed by atoms with Crippen LogP contribution in [0, 0.1) is 0 Å². The van der Waals surface area contributed by atoms with Crippen molar-refractivity contribution in [3.05, 3.63) is 18.6 Å². The van der Waals surface area contributed by atoms with Crippen LogP contribution < -0.4 is 10.2 Å². The molecule has 4 rings (SSSR count). The SMILES string of the molecule is OC(C1CCCN1)C(O)C1CCCN1c1ncnc2[nH]ccc12. The molecule has 2 fully saturated rings. The van der Waals surface area contributed by atoms with Crippen LogP contribution in [-0.2, 0) is 0 Å². The van der Waals surface area contributed by atoms with Crippen molar-refractivity contribution in [2.75, 3.05) is 18.0 Å². The lowest BCUT2D eigenvalue weighted by atomic mass is 9.96. The monoisotopic (exact) mass is 317 g/mol. The molecule has 2 aromatic rings. The van der Waals surface area contributed by atoms with Crippen LogP contribution in [-0.4, -0.2) is 62.5 Å². The standard InChI is InChI=1S/C16H23N5O2/c22-13(11-3-1-6-17-11)14(23)12-4-2-8-21(12)16-10-5-7-18-15(10)19-9-20-16/h5,7,9,11-14,17,22-23H,1-4,6,8H2,(H,18,19,20). The van der Waals surface area contributed by atoms with E-state index in [1.54, 1.807) is 6.33 Å². The fraction of sp³-hybridized carbons (Fsp3) is 0.625. The van der Waals surface area contributed by atoms with Gasteiger partial charge in [-0.15, -0.1) is 0 Å². The fourth-order valence-corrected chi connectivity index (χ4v) is 3.97. The van der Waals surface area contributed by atoms with E-state index in [1.807, 2.05) is 12.3 Å². The van der Waals surface area contributed by atoms with Gasteiger partial charge in [-0.05, 0) is 38.3 Å². The highest BCUT2D eigenvalue weighted by Gasteiger charge is 2.39. The average molecular weight is 317 g/mol. The normalized spacial score (nSPS) is 27.7. The minimum atomic E-state index is -0.781. The van der Waals surface area contributed by atoms with Crippen LogP contribution in [0.5, 0.6) is 0 Å². The molecule has 0 spiro atoms. The summed E-state index contributed by atoms with van der Waals surface area (Å²) in [5.41, 5.74) is 0.799. The van der Waals surface area contributed by atoms with Gasteiger partial charge in [-0.25, -0.2) is 9.97 Å². The molecule has 0 bridgehead atoms. The first-order chi connectivity index (χ1) is 11.3. The molecule has 23 heavy (non-hydrogen) atoms. The number of hydrogen-bond donors (Lipinski definition) is 4. The van der Waals surface area contributed by atoms with Gasteiger partial charge < -0.3 is 25.4 Å². The van der Waals surface area contributed by atoms with Crippen molar-refractivity contribution in [2.45, 2.75) is 50.0 Å². The van der Waals surface area contributed by atoms with E-state index in [9.17, 15) is 10.2 Å². The maximum absolute atomic E-state index is 10.7. The summed E-state index contributed by atoms with van der Waals surface area (Å²) in [6, 6.07) is 1.84. The first-order valence-electron chi connectivity index (χ1n) is 8.40. The predicted molar refractivity (Wildman–Crippen MR) is 87.3 cm³/mol. The Morgan fingerprint density at radius 3 is 2.91 bits per heavy atom. The lowest BCUT2D eigenvalue weighted by Gasteiger charge is -2.34. The molecule has 2 saturated heterocycles. The van der Waals surface area contributed by atoms with Gasteiger partial charge in [-0.3, -0.25) is 0 Å². The number of aliphatic hydroxyl groups is 2. The van der Waals surface area contributed by atoms with Crippen molar-refractivity contribution >= 4 is 16.9 Å². The molecule has 0 radical (unpaired) electrons. The summed E-state index contributed by atoms with van der Waals surface area (Å²) in [4.78, 5) is 13.9. The molecule has 2 aromatic heterocycles. The minimum Gasteiger partial charge on any atom is -0.389 e. The summed E-state index contributed by atoms with van der Waals surface area (Å²) in [6.45, 7) is 1.75. The molecule has 0 saturated carbocycles. The van der Waals surface area contributed by atoms with Gasteiger partial charge in [-0.1, -0.05) is 0 Å². The molecular weight excluding hydrogens is 294 g/mol. The molecule has 7 heteroatoms. The first kappa shape index (κ1) is 14.9. The number of nitrogens with one attached hydrogen (secondary N) is 2. The summed E-state index contributed by atoms with van der Waals surface area (Å²) in [7, 11) is 0. The van der Waals surface area contributed by atoms with Crippen molar-refractivity contribution in [1.29, 1.82) is 0 Å². The molecule has 7 nitrogen and oxygen atoms in total. The number of hydrogen-bond acceptors (Lipinski definition) is 6. The van der Waals surface area contributed by atoms with E-state index in [-0.39, 0.29) is 12.1 Å². The van der Waals surface area contributed by atoms with E-state index in [4.69, 9.17) is 0 Å². The average Bonchev–Trinajstić information content (AvgIpc) is 3.33. The Morgan fingerprint density at radius 1 is 1.17 bits per heavy atom.